The quantitative estimate of drug-likeness (QED) is 0.337. The molecule has 0 spiro atoms. The SMILES string of the molecule is Cc1ccccc1NC(=O)[C@H](C)Sc1ncnc2sc(-c3ccccc3)cc12. The number of nitrogens with one attached hydrogen (secondary N) is 1. The van der Waals surface area contributed by atoms with Gasteiger partial charge < -0.3 is 5.32 Å². The van der Waals surface area contributed by atoms with Crippen LogP contribution in [-0.4, -0.2) is 21.1 Å². The van der Waals surface area contributed by atoms with Crippen LogP contribution in [0.5, 0.6) is 0 Å². The summed E-state index contributed by atoms with van der Waals surface area (Å²) in [5, 5.41) is 4.55. The molecule has 0 unspecified atom stereocenters. The van der Waals surface area contributed by atoms with Crippen LogP contribution in [0.3, 0.4) is 0 Å². The molecule has 0 aliphatic heterocycles. The average molecular weight is 406 g/mol. The summed E-state index contributed by atoms with van der Waals surface area (Å²) in [5.74, 6) is -0.0374. The monoisotopic (exact) mass is 405 g/mol. The predicted octanol–water partition coefficient (Wildman–Crippen LogP) is 5.79. The van der Waals surface area contributed by atoms with Gasteiger partial charge in [0, 0.05) is 16.0 Å². The zero-order valence-electron chi connectivity index (χ0n) is 15.5. The van der Waals surface area contributed by atoms with Crippen molar-refractivity contribution in [1.82, 2.24) is 9.97 Å². The Morgan fingerprint density at radius 1 is 1.07 bits per heavy atom. The fourth-order valence-corrected chi connectivity index (χ4v) is 4.80. The highest BCUT2D eigenvalue weighted by molar-refractivity contribution is 8.00. The summed E-state index contributed by atoms with van der Waals surface area (Å²) < 4.78 is 0. The van der Waals surface area contributed by atoms with E-state index in [9.17, 15) is 4.79 Å². The number of anilines is 1. The topological polar surface area (TPSA) is 54.9 Å². The van der Waals surface area contributed by atoms with Crippen LogP contribution in [0.1, 0.15) is 12.5 Å². The maximum atomic E-state index is 12.7. The van der Waals surface area contributed by atoms with Gasteiger partial charge in [-0.15, -0.1) is 11.3 Å². The maximum absolute atomic E-state index is 12.7. The molecule has 4 aromatic rings. The summed E-state index contributed by atoms with van der Waals surface area (Å²) in [4.78, 5) is 23.6. The smallest absolute Gasteiger partial charge is 0.237 e. The van der Waals surface area contributed by atoms with Gasteiger partial charge in [-0.05, 0) is 37.1 Å². The van der Waals surface area contributed by atoms with E-state index in [4.69, 9.17) is 0 Å². The van der Waals surface area contributed by atoms with E-state index in [1.807, 2.05) is 56.3 Å². The van der Waals surface area contributed by atoms with Crippen molar-refractivity contribution in [1.29, 1.82) is 0 Å². The fourth-order valence-electron chi connectivity index (χ4n) is 2.84. The second-order valence-corrected chi connectivity index (χ2v) is 8.80. The molecular weight excluding hydrogens is 386 g/mol. The van der Waals surface area contributed by atoms with Crippen molar-refractivity contribution >= 4 is 44.9 Å². The highest BCUT2D eigenvalue weighted by Crippen LogP contribution is 2.37. The van der Waals surface area contributed by atoms with Gasteiger partial charge in [-0.25, -0.2) is 9.97 Å². The number of thiophene rings is 1. The highest BCUT2D eigenvalue weighted by atomic mass is 32.2. The molecule has 4 rings (SSSR count). The van der Waals surface area contributed by atoms with Gasteiger partial charge in [0.05, 0.1) is 5.25 Å². The molecule has 1 N–H and O–H groups in total. The van der Waals surface area contributed by atoms with Crippen molar-refractivity contribution in [3.63, 3.8) is 0 Å². The van der Waals surface area contributed by atoms with Gasteiger partial charge in [-0.1, -0.05) is 60.3 Å². The third kappa shape index (κ3) is 3.93. The number of thioether (sulfide) groups is 1. The van der Waals surface area contributed by atoms with E-state index in [0.717, 1.165) is 36.9 Å². The molecule has 0 saturated heterocycles. The van der Waals surface area contributed by atoms with E-state index >= 15 is 0 Å². The second-order valence-electron chi connectivity index (χ2n) is 6.44. The highest BCUT2D eigenvalue weighted by Gasteiger charge is 2.19. The van der Waals surface area contributed by atoms with Gasteiger partial charge in [0.25, 0.3) is 0 Å². The lowest BCUT2D eigenvalue weighted by atomic mass is 10.2. The summed E-state index contributed by atoms with van der Waals surface area (Å²) in [5.41, 5.74) is 3.05. The molecule has 0 radical (unpaired) electrons. The lowest BCUT2D eigenvalue weighted by molar-refractivity contribution is -0.115. The number of hydrogen-bond donors (Lipinski definition) is 1. The van der Waals surface area contributed by atoms with Crippen LogP contribution >= 0.6 is 23.1 Å². The molecule has 0 aliphatic carbocycles. The van der Waals surface area contributed by atoms with E-state index in [1.165, 1.54) is 11.8 Å². The van der Waals surface area contributed by atoms with Gasteiger partial charge in [-0.3, -0.25) is 4.79 Å². The van der Waals surface area contributed by atoms with Crippen molar-refractivity contribution in [3.05, 3.63) is 72.6 Å². The molecule has 0 fully saturated rings. The lowest BCUT2D eigenvalue weighted by Gasteiger charge is -2.13. The minimum Gasteiger partial charge on any atom is -0.325 e. The molecule has 4 nitrogen and oxygen atoms in total. The molecule has 1 atom stereocenters. The molecule has 2 aromatic carbocycles. The number of hydrogen-bond acceptors (Lipinski definition) is 5. The van der Waals surface area contributed by atoms with Crippen LogP contribution in [0.15, 0.2) is 72.0 Å². The van der Waals surface area contributed by atoms with E-state index in [2.05, 4.69) is 33.5 Å². The van der Waals surface area contributed by atoms with E-state index in [-0.39, 0.29) is 11.2 Å². The first-order valence-electron chi connectivity index (χ1n) is 8.95. The first kappa shape index (κ1) is 18.7. The molecular formula is C22H19N3OS2. The summed E-state index contributed by atoms with van der Waals surface area (Å²) in [6.07, 6.45) is 1.57. The Kier molecular flexibility index (Phi) is 5.41. The Hall–Kier alpha value is -2.70. The molecule has 0 bridgehead atoms. The molecule has 1 amide bonds. The lowest BCUT2D eigenvalue weighted by Crippen LogP contribution is -2.22. The largest absolute Gasteiger partial charge is 0.325 e. The van der Waals surface area contributed by atoms with E-state index in [1.54, 1.807) is 17.7 Å². The van der Waals surface area contributed by atoms with Crippen LogP contribution < -0.4 is 5.32 Å². The summed E-state index contributed by atoms with van der Waals surface area (Å²) >= 11 is 3.10. The number of amides is 1. The van der Waals surface area contributed by atoms with Crippen LogP contribution in [0, 0.1) is 6.92 Å². The standard InChI is InChI=1S/C22H19N3OS2/c1-14-8-6-7-11-18(14)25-20(26)15(2)27-21-17-12-19(16-9-4-3-5-10-16)28-22(17)24-13-23-21/h3-13,15H,1-2H3,(H,25,26)/t15-/m0/s1. The van der Waals surface area contributed by atoms with Crippen LogP contribution in [0.2, 0.25) is 0 Å². The molecule has 0 saturated carbocycles. The predicted molar refractivity (Wildman–Crippen MR) is 118 cm³/mol. The number of benzene rings is 2. The maximum Gasteiger partial charge on any atom is 0.237 e. The Balaban J connectivity index is 1.56. The Labute approximate surface area is 172 Å². The zero-order chi connectivity index (χ0) is 19.5. The number of para-hydroxylation sites is 1. The first-order valence-corrected chi connectivity index (χ1v) is 10.6. The van der Waals surface area contributed by atoms with Crippen LogP contribution in [0.25, 0.3) is 20.7 Å². The Morgan fingerprint density at radius 3 is 2.61 bits per heavy atom. The normalized spacial score (nSPS) is 12.1. The van der Waals surface area contributed by atoms with Gasteiger partial charge in [-0.2, -0.15) is 0 Å². The first-order chi connectivity index (χ1) is 13.6. The minimum atomic E-state index is -0.280. The molecule has 2 heterocycles. The molecule has 6 heteroatoms. The summed E-state index contributed by atoms with van der Waals surface area (Å²) in [7, 11) is 0. The summed E-state index contributed by atoms with van der Waals surface area (Å²) in [6, 6.07) is 20.1. The number of carbonyl (C=O) groups is 1. The van der Waals surface area contributed by atoms with Gasteiger partial charge in [0.1, 0.15) is 16.2 Å². The number of aryl methyl sites for hydroxylation is 1. The molecule has 140 valence electrons. The number of rotatable bonds is 5. The summed E-state index contributed by atoms with van der Waals surface area (Å²) in [6.45, 7) is 3.88. The third-order valence-corrected chi connectivity index (χ3v) is 6.62. The van der Waals surface area contributed by atoms with Crippen molar-refractivity contribution < 1.29 is 4.79 Å². The molecule has 2 aromatic heterocycles. The Bertz CT molecular complexity index is 1130. The van der Waals surface area contributed by atoms with E-state index in [0.29, 0.717) is 0 Å². The van der Waals surface area contributed by atoms with Crippen molar-refractivity contribution in [2.24, 2.45) is 0 Å². The Morgan fingerprint density at radius 2 is 1.82 bits per heavy atom. The van der Waals surface area contributed by atoms with Crippen molar-refractivity contribution in [2.75, 3.05) is 5.32 Å². The fraction of sp³-hybridized carbons (Fsp3) is 0.136. The van der Waals surface area contributed by atoms with Gasteiger partial charge in [0.15, 0.2) is 0 Å². The number of carbonyl (C=O) groups excluding carboxylic acids is 1. The third-order valence-electron chi connectivity index (χ3n) is 4.41. The minimum absolute atomic E-state index is 0.0374. The van der Waals surface area contributed by atoms with Gasteiger partial charge in [0.2, 0.25) is 5.91 Å². The molecule has 28 heavy (non-hydrogen) atoms. The number of nitrogens with zero attached hydrogens (tertiary/aromatic N) is 2. The zero-order valence-corrected chi connectivity index (χ0v) is 17.2. The van der Waals surface area contributed by atoms with Crippen LogP contribution in [0.4, 0.5) is 5.69 Å². The van der Waals surface area contributed by atoms with E-state index < -0.39 is 0 Å². The van der Waals surface area contributed by atoms with Crippen molar-refractivity contribution in [2.45, 2.75) is 24.1 Å². The second kappa shape index (κ2) is 8.12. The van der Waals surface area contributed by atoms with Gasteiger partial charge >= 0.3 is 0 Å². The van der Waals surface area contributed by atoms with Crippen LogP contribution in [-0.2, 0) is 4.79 Å². The molecule has 0 aliphatic rings. The van der Waals surface area contributed by atoms with Crippen molar-refractivity contribution in [3.8, 4) is 10.4 Å². The number of fused-ring (bicyclic) bond motifs is 1. The number of aromatic nitrogens is 2. The average Bonchev–Trinajstić information content (AvgIpc) is 3.16.